The lowest BCUT2D eigenvalue weighted by atomic mass is 9.46. The monoisotopic (exact) mass is 463 g/mol. The van der Waals surface area contributed by atoms with Crippen LogP contribution in [0.4, 0.5) is 0 Å². The second-order valence-corrected chi connectivity index (χ2v) is 10.3. The van der Waals surface area contributed by atoms with E-state index >= 15 is 0 Å². The van der Waals surface area contributed by atoms with Gasteiger partial charge in [0.2, 0.25) is 11.8 Å². The quantitative estimate of drug-likeness (QED) is 0.534. The summed E-state index contributed by atoms with van der Waals surface area (Å²) < 4.78 is 5.35. The van der Waals surface area contributed by atoms with E-state index in [9.17, 15) is 24.3 Å². The zero-order valence-corrected chi connectivity index (χ0v) is 20.0. The van der Waals surface area contributed by atoms with Crippen LogP contribution < -0.4 is 4.74 Å². The standard InChI is InChI=1S/C27H29NO6/c1-12-13(2)24(31)27(3)18(23(12)30)11-17-15(7-8-16-21(17)26(33)28(4)25(16)32)22(27)14-6-9-19(29)20(10-14)34-5/h6-7,9-10,16-18,21-22,29H,8,11H2,1-5H3/t16-,17+,18-,21-,22-,27+/m0/s1. The molecule has 6 atom stereocenters. The SMILES string of the molecule is COc1cc([C@H]2C3=CC[C@@H]4C(=O)N(C)C(=O)[C@@H]4[C@@H]3C[C@H]3C(=O)C(C)=C(C)C(=O)[C@@]23C)ccc1O. The number of carbonyl (C=O) groups is 4. The molecule has 7 heteroatoms. The van der Waals surface area contributed by atoms with Crippen LogP contribution >= 0.6 is 0 Å². The van der Waals surface area contributed by atoms with Crippen molar-refractivity contribution in [2.24, 2.45) is 29.1 Å². The molecule has 0 aromatic heterocycles. The van der Waals surface area contributed by atoms with E-state index in [1.54, 1.807) is 26.0 Å². The van der Waals surface area contributed by atoms with Crippen LogP contribution in [-0.2, 0) is 19.2 Å². The van der Waals surface area contributed by atoms with Crippen molar-refractivity contribution in [2.45, 2.75) is 39.5 Å². The van der Waals surface area contributed by atoms with Crippen LogP contribution in [-0.4, -0.2) is 47.5 Å². The Balaban J connectivity index is 1.75. The number of methoxy groups -OCH3 is 1. The Labute approximate surface area is 198 Å². The number of hydrogen-bond acceptors (Lipinski definition) is 6. The number of nitrogens with zero attached hydrogens (tertiary/aromatic N) is 1. The van der Waals surface area contributed by atoms with E-state index in [2.05, 4.69) is 0 Å². The molecule has 1 aromatic carbocycles. The summed E-state index contributed by atoms with van der Waals surface area (Å²) in [5, 5.41) is 10.2. The highest BCUT2D eigenvalue weighted by atomic mass is 16.5. The number of benzene rings is 1. The van der Waals surface area contributed by atoms with Gasteiger partial charge in [0.05, 0.1) is 24.4 Å². The lowest BCUT2D eigenvalue weighted by Crippen LogP contribution is -2.55. The molecule has 2 fully saturated rings. The molecule has 0 radical (unpaired) electrons. The summed E-state index contributed by atoms with van der Waals surface area (Å²) in [5.41, 5.74) is 1.57. The van der Waals surface area contributed by atoms with E-state index in [4.69, 9.17) is 4.74 Å². The molecule has 5 rings (SSSR count). The predicted octanol–water partition coefficient (Wildman–Crippen LogP) is 3.18. The van der Waals surface area contributed by atoms with Crippen molar-refractivity contribution < 1.29 is 29.0 Å². The number of hydrogen-bond donors (Lipinski definition) is 1. The Morgan fingerprint density at radius 3 is 2.44 bits per heavy atom. The molecular formula is C27H29NO6. The van der Waals surface area contributed by atoms with E-state index in [1.165, 1.54) is 25.1 Å². The molecule has 7 nitrogen and oxygen atoms in total. The van der Waals surface area contributed by atoms with Crippen molar-refractivity contribution in [3.63, 3.8) is 0 Å². The number of carbonyl (C=O) groups excluding carboxylic acids is 4. The Morgan fingerprint density at radius 1 is 1.06 bits per heavy atom. The number of allylic oxidation sites excluding steroid dienone is 4. The van der Waals surface area contributed by atoms with E-state index in [0.717, 1.165) is 11.1 Å². The zero-order chi connectivity index (χ0) is 24.7. The number of amides is 2. The van der Waals surface area contributed by atoms with Crippen molar-refractivity contribution in [3.8, 4) is 11.5 Å². The van der Waals surface area contributed by atoms with Gasteiger partial charge in [0.1, 0.15) is 0 Å². The fourth-order valence-electron chi connectivity index (χ4n) is 6.99. The number of ketones is 2. The third-order valence-corrected chi connectivity index (χ3v) is 8.93. The van der Waals surface area contributed by atoms with Gasteiger partial charge in [-0.25, -0.2) is 0 Å². The van der Waals surface area contributed by atoms with Gasteiger partial charge in [-0.15, -0.1) is 0 Å². The number of ether oxygens (including phenoxy) is 1. The van der Waals surface area contributed by atoms with Gasteiger partial charge < -0.3 is 9.84 Å². The van der Waals surface area contributed by atoms with E-state index in [0.29, 0.717) is 24.0 Å². The van der Waals surface area contributed by atoms with Crippen molar-refractivity contribution in [1.82, 2.24) is 4.90 Å². The molecule has 0 unspecified atom stereocenters. The lowest BCUT2D eigenvalue weighted by Gasteiger charge is -2.54. The molecule has 4 aliphatic rings. The van der Waals surface area contributed by atoms with Crippen LogP contribution in [0, 0.1) is 29.1 Å². The molecule has 1 heterocycles. The lowest BCUT2D eigenvalue weighted by molar-refractivity contribution is -0.142. The molecule has 2 amide bonds. The molecule has 178 valence electrons. The maximum Gasteiger partial charge on any atom is 0.233 e. The summed E-state index contributed by atoms with van der Waals surface area (Å²) in [6.45, 7) is 5.26. The number of phenols is 1. The molecule has 1 aliphatic heterocycles. The van der Waals surface area contributed by atoms with Crippen LogP contribution in [0.1, 0.15) is 45.1 Å². The summed E-state index contributed by atoms with van der Waals surface area (Å²) in [5.74, 6) is -2.64. The van der Waals surface area contributed by atoms with Gasteiger partial charge in [0.25, 0.3) is 0 Å². The van der Waals surface area contributed by atoms with Gasteiger partial charge in [0, 0.05) is 18.9 Å². The number of likely N-dealkylation sites (tertiary alicyclic amines) is 1. The molecule has 3 aliphatic carbocycles. The summed E-state index contributed by atoms with van der Waals surface area (Å²) in [6.07, 6.45) is 2.80. The second-order valence-electron chi connectivity index (χ2n) is 10.3. The number of phenolic OH excluding ortho intramolecular Hbond substituents is 1. The van der Waals surface area contributed by atoms with Gasteiger partial charge >= 0.3 is 0 Å². The Kier molecular flexibility index (Phi) is 4.90. The van der Waals surface area contributed by atoms with E-state index < -0.39 is 29.1 Å². The van der Waals surface area contributed by atoms with E-state index in [1.807, 2.05) is 13.0 Å². The number of aromatic hydroxyl groups is 1. The highest BCUT2D eigenvalue weighted by molar-refractivity contribution is 6.16. The molecule has 0 spiro atoms. The van der Waals surface area contributed by atoms with Crippen LogP contribution in [0.2, 0.25) is 0 Å². The topological polar surface area (TPSA) is 101 Å². The minimum Gasteiger partial charge on any atom is -0.504 e. The highest BCUT2D eigenvalue weighted by Gasteiger charge is 2.63. The maximum absolute atomic E-state index is 13.9. The summed E-state index contributed by atoms with van der Waals surface area (Å²) in [4.78, 5) is 54.6. The molecule has 0 bridgehead atoms. The third-order valence-electron chi connectivity index (χ3n) is 8.93. The fraction of sp³-hybridized carbons (Fsp3) is 0.481. The Hall–Kier alpha value is -3.22. The fourth-order valence-corrected chi connectivity index (χ4v) is 6.99. The van der Waals surface area contributed by atoms with Crippen LogP contribution in [0.5, 0.6) is 11.5 Å². The summed E-state index contributed by atoms with van der Waals surface area (Å²) in [7, 11) is 2.98. The summed E-state index contributed by atoms with van der Waals surface area (Å²) in [6, 6.07) is 5.00. The minimum atomic E-state index is -1.05. The first-order chi connectivity index (χ1) is 16.0. The first-order valence-corrected chi connectivity index (χ1v) is 11.7. The first-order valence-electron chi connectivity index (χ1n) is 11.7. The Bertz CT molecular complexity index is 1230. The van der Waals surface area contributed by atoms with Crippen molar-refractivity contribution in [1.29, 1.82) is 0 Å². The number of imide groups is 1. The largest absolute Gasteiger partial charge is 0.504 e. The average molecular weight is 464 g/mol. The minimum absolute atomic E-state index is 0.0193. The number of rotatable bonds is 2. The molecular weight excluding hydrogens is 434 g/mol. The average Bonchev–Trinajstić information content (AvgIpc) is 3.05. The molecule has 1 N–H and O–H groups in total. The number of Topliss-reactive ketones (excluding diaryl/α,β-unsaturated/α-hetero) is 2. The number of fused-ring (bicyclic) bond motifs is 4. The van der Waals surface area contributed by atoms with Gasteiger partial charge in [0.15, 0.2) is 23.1 Å². The third kappa shape index (κ3) is 2.70. The van der Waals surface area contributed by atoms with Crippen LogP contribution in [0.15, 0.2) is 41.0 Å². The van der Waals surface area contributed by atoms with Crippen molar-refractivity contribution >= 4 is 23.4 Å². The van der Waals surface area contributed by atoms with Crippen molar-refractivity contribution in [3.05, 3.63) is 46.6 Å². The Morgan fingerprint density at radius 2 is 1.76 bits per heavy atom. The van der Waals surface area contributed by atoms with Crippen molar-refractivity contribution in [2.75, 3.05) is 14.2 Å². The van der Waals surface area contributed by atoms with Gasteiger partial charge in [-0.2, -0.15) is 0 Å². The molecule has 1 saturated heterocycles. The smallest absolute Gasteiger partial charge is 0.233 e. The normalized spacial score (nSPS) is 35.1. The molecule has 1 aromatic rings. The van der Waals surface area contributed by atoms with Gasteiger partial charge in [-0.3, -0.25) is 24.1 Å². The van der Waals surface area contributed by atoms with Gasteiger partial charge in [-0.05, 0) is 61.4 Å². The van der Waals surface area contributed by atoms with Gasteiger partial charge in [-0.1, -0.05) is 24.6 Å². The second kappa shape index (κ2) is 7.39. The van der Waals surface area contributed by atoms with Crippen LogP contribution in [0.3, 0.4) is 0 Å². The first kappa shape index (κ1) is 22.6. The molecule has 1 saturated carbocycles. The van der Waals surface area contributed by atoms with E-state index in [-0.39, 0.29) is 40.8 Å². The zero-order valence-electron chi connectivity index (χ0n) is 20.0. The predicted molar refractivity (Wildman–Crippen MR) is 123 cm³/mol. The molecule has 34 heavy (non-hydrogen) atoms. The van der Waals surface area contributed by atoms with Crippen LogP contribution in [0.25, 0.3) is 0 Å². The highest BCUT2D eigenvalue weighted by Crippen LogP contribution is 2.63. The maximum atomic E-state index is 13.9. The summed E-state index contributed by atoms with van der Waals surface area (Å²) >= 11 is 0.